The molecule has 0 aliphatic heterocycles. The molecule has 0 N–H and O–H groups in total. The number of hydrogen-bond acceptors (Lipinski definition) is 7. The van der Waals surface area contributed by atoms with Crippen LogP contribution in [-0.2, 0) is 28.6 Å². The van der Waals surface area contributed by atoms with E-state index in [1.54, 1.807) is 18.2 Å². The third kappa shape index (κ3) is 6.14. The van der Waals surface area contributed by atoms with Gasteiger partial charge in [0.1, 0.15) is 17.9 Å². The van der Waals surface area contributed by atoms with E-state index >= 15 is 0 Å². The number of carbonyl (C=O) groups is 3. The predicted octanol–water partition coefficient (Wildman–Crippen LogP) is 1.83. The van der Waals surface area contributed by atoms with Crippen molar-refractivity contribution in [3.8, 4) is 5.75 Å². The van der Waals surface area contributed by atoms with Crippen LogP contribution >= 0.6 is 0 Å². The molecule has 7 nitrogen and oxygen atoms in total. The first-order valence-corrected chi connectivity index (χ1v) is 7.29. The van der Waals surface area contributed by atoms with Crippen molar-refractivity contribution in [2.24, 2.45) is 0 Å². The van der Waals surface area contributed by atoms with Crippen molar-refractivity contribution in [2.45, 2.75) is 6.92 Å². The second-order valence-electron chi connectivity index (χ2n) is 4.82. The Morgan fingerprint density at radius 3 is 2.20 bits per heavy atom. The van der Waals surface area contributed by atoms with E-state index < -0.39 is 17.9 Å². The second kappa shape index (κ2) is 9.92. The molecule has 7 heteroatoms. The summed E-state index contributed by atoms with van der Waals surface area (Å²) in [6.45, 7) is 1.97. The Morgan fingerprint density at radius 2 is 1.64 bits per heavy atom. The highest BCUT2D eigenvalue weighted by Crippen LogP contribution is 2.24. The van der Waals surface area contributed by atoms with E-state index in [1.807, 2.05) is 6.92 Å². The Bertz CT molecular complexity index is 683. The van der Waals surface area contributed by atoms with Gasteiger partial charge in [0, 0.05) is 11.6 Å². The predicted molar refractivity (Wildman–Crippen MR) is 89.8 cm³/mol. The molecule has 0 aromatic heterocycles. The van der Waals surface area contributed by atoms with Crippen LogP contribution in [0.2, 0.25) is 0 Å². The highest BCUT2D eigenvalue weighted by Gasteiger charge is 2.20. The van der Waals surface area contributed by atoms with E-state index in [0.29, 0.717) is 11.3 Å². The van der Waals surface area contributed by atoms with Gasteiger partial charge in [-0.05, 0) is 30.7 Å². The summed E-state index contributed by atoms with van der Waals surface area (Å²) in [5.74, 6) is -1.70. The number of aryl methyl sites for hydroxylation is 1. The van der Waals surface area contributed by atoms with Gasteiger partial charge in [-0.15, -0.1) is 0 Å². The van der Waals surface area contributed by atoms with Crippen molar-refractivity contribution in [3.05, 3.63) is 47.1 Å². The Morgan fingerprint density at radius 1 is 1.00 bits per heavy atom. The summed E-state index contributed by atoms with van der Waals surface area (Å²) in [5, 5.41) is 0. The maximum absolute atomic E-state index is 11.8. The van der Waals surface area contributed by atoms with Crippen molar-refractivity contribution >= 4 is 24.0 Å². The molecule has 0 unspecified atom stereocenters. The molecule has 1 aromatic carbocycles. The molecule has 25 heavy (non-hydrogen) atoms. The molecule has 0 heterocycles. The SMILES string of the molecule is COC(=O)/C=C/COc1cc(C)ccc1C=C(C(=O)OC)C(=O)OC. The first kappa shape index (κ1) is 20.0. The maximum Gasteiger partial charge on any atom is 0.345 e. The van der Waals surface area contributed by atoms with Crippen LogP contribution in [0.1, 0.15) is 11.1 Å². The van der Waals surface area contributed by atoms with Gasteiger partial charge in [0.15, 0.2) is 0 Å². The van der Waals surface area contributed by atoms with E-state index in [-0.39, 0.29) is 12.2 Å². The molecule has 0 amide bonds. The van der Waals surface area contributed by atoms with Gasteiger partial charge in [0.2, 0.25) is 0 Å². The molecule has 0 atom stereocenters. The Kier molecular flexibility index (Phi) is 7.92. The van der Waals surface area contributed by atoms with Crippen molar-refractivity contribution in [1.29, 1.82) is 0 Å². The summed E-state index contributed by atoms with van der Waals surface area (Å²) in [6.07, 6.45) is 4.05. The van der Waals surface area contributed by atoms with Crippen molar-refractivity contribution in [3.63, 3.8) is 0 Å². The molecule has 0 aliphatic rings. The van der Waals surface area contributed by atoms with Crippen LogP contribution in [-0.4, -0.2) is 45.8 Å². The van der Waals surface area contributed by atoms with E-state index in [9.17, 15) is 14.4 Å². The maximum atomic E-state index is 11.8. The Balaban J connectivity index is 3.11. The third-order valence-electron chi connectivity index (χ3n) is 3.07. The number of benzene rings is 1. The summed E-state index contributed by atoms with van der Waals surface area (Å²) in [6, 6.07) is 5.24. The highest BCUT2D eigenvalue weighted by molar-refractivity contribution is 6.17. The second-order valence-corrected chi connectivity index (χ2v) is 4.82. The van der Waals surface area contributed by atoms with Crippen LogP contribution in [0.15, 0.2) is 35.9 Å². The Labute approximate surface area is 145 Å². The molecule has 134 valence electrons. The van der Waals surface area contributed by atoms with E-state index in [2.05, 4.69) is 14.2 Å². The third-order valence-corrected chi connectivity index (χ3v) is 3.07. The zero-order chi connectivity index (χ0) is 18.8. The smallest absolute Gasteiger partial charge is 0.345 e. The van der Waals surface area contributed by atoms with Gasteiger partial charge in [-0.3, -0.25) is 0 Å². The minimum absolute atomic E-state index is 0.102. The lowest BCUT2D eigenvalue weighted by molar-refractivity contribution is -0.144. The van der Waals surface area contributed by atoms with Gasteiger partial charge >= 0.3 is 17.9 Å². The average molecular weight is 348 g/mol. The highest BCUT2D eigenvalue weighted by atomic mass is 16.5. The van der Waals surface area contributed by atoms with Gasteiger partial charge < -0.3 is 18.9 Å². The van der Waals surface area contributed by atoms with E-state index in [4.69, 9.17) is 4.74 Å². The molecule has 0 saturated heterocycles. The first-order valence-electron chi connectivity index (χ1n) is 7.29. The number of esters is 3. The molecule has 0 fully saturated rings. The van der Waals surface area contributed by atoms with Crippen LogP contribution in [0.4, 0.5) is 0 Å². The summed E-state index contributed by atoms with van der Waals surface area (Å²) in [5.41, 5.74) is 1.15. The quantitative estimate of drug-likeness (QED) is 0.244. The van der Waals surface area contributed by atoms with Gasteiger partial charge in [-0.2, -0.15) is 0 Å². The normalized spacial score (nSPS) is 10.1. The summed E-state index contributed by atoms with van der Waals surface area (Å²) >= 11 is 0. The lowest BCUT2D eigenvalue weighted by atomic mass is 10.1. The molecule has 0 saturated carbocycles. The first-order chi connectivity index (χ1) is 11.9. The molecule has 0 bridgehead atoms. The molecule has 1 rings (SSSR count). The average Bonchev–Trinajstić information content (AvgIpc) is 2.62. The summed E-state index contributed by atoms with van der Waals surface area (Å²) in [4.78, 5) is 34.6. The molecular weight excluding hydrogens is 328 g/mol. The van der Waals surface area contributed by atoms with E-state index in [0.717, 1.165) is 5.56 Å². The van der Waals surface area contributed by atoms with Crippen LogP contribution < -0.4 is 4.74 Å². The zero-order valence-corrected chi connectivity index (χ0v) is 14.5. The number of ether oxygens (including phenoxy) is 4. The standard InChI is InChI=1S/C18H20O7/c1-12-7-8-13(11-14(17(20)23-3)18(21)24-4)15(10-12)25-9-5-6-16(19)22-2/h5-8,10-11H,9H2,1-4H3/b6-5+. The van der Waals surface area contributed by atoms with Gasteiger partial charge in [0.05, 0.1) is 21.3 Å². The molecular formula is C18H20O7. The van der Waals surface area contributed by atoms with Crippen molar-refractivity contribution < 1.29 is 33.3 Å². The minimum Gasteiger partial charge on any atom is -0.489 e. The largest absolute Gasteiger partial charge is 0.489 e. The topological polar surface area (TPSA) is 88.1 Å². The molecule has 0 aliphatic carbocycles. The fourth-order valence-corrected chi connectivity index (χ4v) is 1.81. The van der Waals surface area contributed by atoms with Gasteiger partial charge in [-0.1, -0.05) is 12.1 Å². The van der Waals surface area contributed by atoms with Crippen LogP contribution in [0, 0.1) is 6.92 Å². The van der Waals surface area contributed by atoms with Gasteiger partial charge in [-0.25, -0.2) is 14.4 Å². The monoisotopic (exact) mass is 348 g/mol. The van der Waals surface area contributed by atoms with Crippen LogP contribution in [0.3, 0.4) is 0 Å². The summed E-state index contributed by atoms with van der Waals surface area (Å²) in [7, 11) is 3.62. The lowest BCUT2D eigenvalue weighted by Crippen LogP contribution is -2.15. The molecule has 1 aromatic rings. The zero-order valence-electron chi connectivity index (χ0n) is 14.5. The lowest BCUT2D eigenvalue weighted by Gasteiger charge is -2.10. The Hall–Kier alpha value is -3.09. The van der Waals surface area contributed by atoms with Crippen molar-refractivity contribution in [1.82, 2.24) is 0 Å². The molecule has 0 radical (unpaired) electrons. The number of carbonyl (C=O) groups excluding carboxylic acids is 3. The number of rotatable bonds is 7. The fraction of sp³-hybridized carbons (Fsp3) is 0.278. The van der Waals surface area contributed by atoms with E-state index in [1.165, 1.54) is 39.6 Å². The van der Waals surface area contributed by atoms with Crippen LogP contribution in [0.5, 0.6) is 5.75 Å². The van der Waals surface area contributed by atoms with Crippen molar-refractivity contribution in [2.75, 3.05) is 27.9 Å². The van der Waals surface area contributed by atoms with Crippen LogP contribution in [0.25, 0.3) is 6.08 Å². The number of methoxy groups -OCH3 is 3. The minimum atomic E-state index is -0.816. The number of hydrogen-bond donors (Lipinski definition) is 0. The van der Waals surface area contributed by atoms with Gasteiger partial charge in [0.25, 0.3) is 0 Å². The summed E-state index contributed by atoms with van der Waals surface area (Å²) < 4.78 is 19.3. The molecule has 0 spiro atoms. The fourth-order valence-electron chi connectivity index (χ4n) is 1.81.